The Morgan fingerprint density at radius 3 is 2.36 bits per heavy atom. The third-order valence-electron chi connectivity index (χ3n) is 3.27. The topological polar surface area (TPSA) is 75.9 Å². The molecule has 0 bridgehead atoms. The van der Waals surface area contributed by atoms with Crippen LogP contribution < -0.4 is 16.4 Å². The highest BCUT2D eigenvalue weighted by molar-refractivity contribution is 6.43. The number of rotatable bonds is 4. The average molecular weight is 399 g/mol. The Hall–Kier alpha value is -2.28. The molecule has 0 unspecified atom stereocenters. The van der Waals surface area contributed by atoms with Crippen LogP contribution in [0.1, 0.15) is 0 Å². The Morgan fingerprint density at radius 1 is 0.920 bits per heavy atom. The van der Waals surface area contributed by atoms with E-state index in [2.05, 4.69) is 20.6 Å². The largest absolute Gasteiger partial charge is 0.393 e. The van der Waals surface area contributed by atoms with Crippen molar-refractivity contribution in [3.8, 4) is 0 Å². The molecule has 0 saturated carbocycles. The molecule has 5 nitrogen and oxygen atoms in total. The summed E-state index contributed by atoms with van der Waals surface area (Å²) in [7, 11) is 0. The monoisotopic (exact) mass is 397 g/mol. The number of nitrogens with zero attached hydrogens (tertiary/aromatic N) is 2. The zero-order valence-corrected chi connectivity index (χ0v) is 14.8. The quantitative estimate of drug-likeness (QED) is 0.530. The van der Waals surface area contributed by atoms with Crippen LogP contribution in [0.2, 0.25) is 15.1 Å². The third kappa shape index (κ3) is 3.87. The zero-order valence-electron chi connectivity index (χ0n) is 12.5. The van der Waals surface area contributed by atoms with Gasteiger partial charge in [-0.3, -0.25) is 0 Å². The number of hydrogen-bond acceptors (Lipinski definition) is 5. The van der Waals surface area contributed by atoms with E-state index in [4.69, 9.17) is 40.5 Å². The van der Waals surface area contributed by atoms with E-state index >= 15 is 0 Å². The summed E-state index contributed by atoms with van der Waals surface area (Å²) >= 11 is 17.9. The Labute approximate surface area is 157 Å². The smallest absolute Gasteiger partial charge is 0.159 e. The van der Waals surface area contributed by atoms with Crippen LogP contribution in [-0.2, 0) is 0 Å². The number of nitrogens with two attached hydrogens (primary N) is 1. The Morgan fingerprint density at radius 2 is 1.64 bits per heavy atom. The van der Waals surface area contributed by atoms with E-state index in [0.717, 1.165) is 0 Å². The highest BCUT2D eigenvalue weighted by atomic mass is 35.5. The van der Waals surface area contributed by atoms with Gasteiger partial charge in [0.25, 0.3) is 0 Å². The predicted molar refractivity (Wildman–Crippen MR) is 101 cm³/mol. The van der Waals surface area contributed by atoms with Crippen molar-refractivity contribution in [1.29, 1.82) is 0 Å². The Bertz CT molecular complexity index is 936. The van der Waals surface area contributed by atoms with Crippen molar-refractivity contribution >= 4 is 63.5 Å². The van der Waals surface area contributed by atoms with Crippen molar-refractivity contribution < 1.29 is 4.39 Å². The molecule has 0 amide bonds. The van der Waals surface area contributed by atoms with E-state index < -0.39 is 5.82 Å². The fraction of sp³-hybridized carbons (Fsp3) is 0. The number of halogens is 4. The van der Waals surface area contributed by atoms with Crippen LogP contribution in [0.5, 0.6) is 0 Å². The highest BCUT2D eigenvalue weighted by Crippen LogP contribution is 2.34. The van der Waals surface area contributed by atoms with Gasteiger partial charge >= 0.3 is 0 Å². The molecule has 0 spiro atoms. The van der Waals surface area contributed by atoms with E-state index in [1.54, 1.807) is 18.2 Å². The molecule has 1 heterocycles. The summed E-state index contributed by atoms with van der Waals surface area (Å²) in [5.74, 6) is 0.161. The van der Waals surface area contributed by atoms with Gasteiger partial charge in [-0.25, -0.2) is 14.4 Å². The van der Waals surface area contributed by atoms with Crippen LogP contribution in [0.3, 0.4) is 0 Å². The highest BCUT2D eigenvalue weighted by Gasteiger charge is 2.12. The van der Waals surface area contributed by atoms with Gasteiger partial charge in [0.2, 0.25) is 0 Å². The number of aromatic nitrogens is 2. The van der Waals surface area contributed by atoms with Crippen LogP contribution >= 0.6 is 34.8 Å². The molecule has 128 valence electrons. The molecule has 4 N–H and O–H groups in total. The summed E-state index contributed by atoms with van der Waals surface area (Å²) in [6.07, 6.45) is 1.32. The minimum Gasteiger partial charge on any atom is -0.393 e. The van der Waals surface area contributed by atoms with E-state index in [1.807, 2.05) is 0 Å². The summed E-state index contributed by atoms with van der Waals surface area (Å²) in [4.78, 5) is 8.19. The standard InChI is InChI=1S/C16H11Cl3FN5/c17-9-2-1-3-12(13(9)19)25-16-14(21)15(22-7-23-16)24-8-4-5-11(20)10(18)6-8/h1-7H,21H2,(H2,22,23,24,25). The molecule has 0 fully saturated rings. The first kappa shape index (κ1) is 17.5. The van der Waals surface area contributed by atoms with Gasteiger partial charge < -0.3 is 16.4 Å². The molecule has 0 atom stereocenters. The average Bonchev–Trinajstić information content (AvgIpc) is 2.59. The number of benzene rings is 2. The molecule has 3 rings (SSSR count). The van der Waals surface area contributed by atoms with Crippen molar-refractivity contribution in [2.24, 2.45) is 0 Å². The molecule has 25 heavy (non-hydrogen) atoms. The van der Waals surface area contributed by atoms with Crippen LogP contribution in [0, 0.1) is 5.82 Å². The fourth-order valence-corrected chi connectivity index (χ4v) is 2.56. The van der Waals surface area contributed by atoms with Gasteiger partial charge in [0.1, 0.15) is 17.8 Å². The minimum atomic E-state index is -0.513. The van der Waals surface area contributed by atoms with Crippen molar-refractivity contribution in [3.05, 3.63) is 63.6 Å². The van der Waals surface area contributed by atoms with E-state index in [-0.39, 0.29) is 10.7 Å². The first-order chi connectivity index (χ1) is 12.0. The Balaban J connectivity index is 1.89. The van der Waals surface area contributed by atoms with E-state index in [1.165, 1.54) is 24.5 Å². The SMILES string of the molecule is Nc1c(Nc2ccc(F)c(Cl)c2)ncnc1Nc1cccc(Cl)c1Cl. The molecule has 0 radical (unpaired) electrons. The van der Waals surface area contributed by atoms with Crippen LogP contribution in [-0.4, -0.2) is 9.97 Å². The second-order valence-electron chi connectivity index (χ2n) is 4.96. The molecule has 2 aromatic carbocycles. The van der Waals surface area contributed by atoms with Crippen molar-refractivity contribution in [3.63, 3.8) is 0 Å². The summed E-state index contributed by atoms with van der Waals surface area (Å²) < 4.78 is 13.3. The minimum absolute atomic E-state index is 0.0123. The van der Waals surface area contributed by atoms with Gasteiger partial charge in [-0.2, -0.15) is 0 Å². The molecule has 0 aliphatic rings. The summed E-state index contributed by atoms with van der Waals surface area (Å²) in [5, 5.41) is 6.71. The normalized spacial score (nSPS) is 10.6. The second-order valence-corrected chi connectivity index (χ2v) is 6.16. The lowest BCUT2D eigenvalue weighted by Gasteiger charge is -2.14. The lowest BCUT2D eigenvalue weighted by atomic mass is 10.3. The Kier molecular flexibility index (Phi) is 5.13. The van der Waals surface area contributed by atoms with Gasteiger partial charge in [0, 0.05) is 5.69 Å². The van der Waals surface area contributed by atoms with Crippen LogP contribution in [0.25, 0.3) is 0 Å². The number of hydrogen-bond donors (Lipinski definition) is 3. The van der Waals surface area contributed by atoms with Gasteiger partial charge in [0.15, 0.2) is 11.6 Å². The molecule has 0 aliphatic carbocycles. The number of anilines is 5. The van der Waals surface area contributed by atoms with Crippen molar-refractivity contribution in [2.75, 3.05) is 16.4 Å². The first-order valence-corrected chi connectivity index (χ1v) is 8.12. The molecule has 0 aliphatic heterocycles. The number of nitrogens with one attached hydrogen (secondary N) is 2. The van der Waals surface area contributed by atoms with Gasteiger partial charge in [-0.1, -0.05) is 40.9 Å². The maximum absolute atomic E-state index is 13.3. The third-order valence-corrected chi connectivity index (χ3v) is 4.38. The lowest BCUT2D eigenvalue weighted by Crippen LogP contribution is -2.05. The summed E-state index contributed by atoms with van der Waals surface area (Å²) in [5.41, 5.74) is 7.43. The molecular formula is C16H11Cl3FN5. The summed E-state index contributed by atoms with van der Waals surface area (Å²) in [6, 6.07) is 9.34. The first-order valence-electron chi connectivity index (χ1n) is 6.99. The van der Waals surface area contributed by atoms with Crippen LogP contribution in [0.15, 0.2) is 42.7 Å². The maximum Gasteiger partial charge on any atom is 0.159 e. The zero-order chi connectivity index (χ0) is 18.0. The van der Waals surface area contributed by atoms with E-state index in [9.17, 15) is 4.39 Å². The van der Waals surface area contributed by atoms with Crippen molar-refractivity contribution in [2.45, 2.75) is 0 Å². The van der Waals surface area contributed by atoms with Crippen LogP contribution in [0.4, 0.5) is 33.1 Å². The van der Waals surface area contributed by atoms with E-state index in [0.29, 0.717) is 33.1 Å². The molecule has 1 aromatic heterocycles. The lowest BCUT2D eigenvalue weighted by molar-refractivity contribution is 0.628. The van der Waals surface area contributed by atoms with Crippen molar-refractivity contribution in [1.82, 2.24) is 9.97 Å². The molecular weight excluding hydrogens is 388 g/mol. The fourth-order valence-electron chi connectivity index (χ4n) is 2.03. The predicted octanol–water partition coefficient (Wildman–Crippen LogP) is 5.65. The number of nitrogen functional groups attached to an aromatic ring is 1. The maximum atomic E-state index is 13.3. The molecule has 3 aromatic rings. The van der Waals surface area contributed by atoms with Gasteiger partial charge in [-0.05, 0) is 30.3 Å². The molecule has 9 heteroatoms. The summed E-state index contributed by atoms with van der Waals surface area (Å²) in [6.45, 7) is 0. The van der Waals surface area contributed by atoms with Gasteiger partial charge in [0.05, 0.1) is 20.8 Å². The molecule has 0 saturated heterocycles. The second kappa shape index (κ2) is 7.31. The van der Waals surface area contributed by atoms with Gasteiger partial charge in [-0.15, -0.1) is 0 Å².